The minimum absolute atomic E-state index is 0.0440. The van der Waals surface area contributed by atoms with E-state index in [1.165, 1.54) is 0 Å². The van der Waals surface area contributed by atoms with Crippen molar-refractivity contribution < 1.29 is 9.47 Å². The fourth-order valence-electron chi connectivity index (χ4n) is 2.12. The van der Waals surface area contributed by atoms with Crippen LogP contribution >= 0.6 is 0 Å². The third-order valence-corrected chi connectivity index (χ3v) is 3.15. The average molecular weight is 276 g/mol. The van der Waals surface area contributed by atoms with Crippen molar-refractivity contribution in [3.8, 4) is 0 Å². The fourth-order valence-corrected chi connectivity index (χ4v) is 2.12. The maximum Gasteiger partial charge on any atom is 0.259 e. The third-order valence-electron chi connectivity index (χ3n) is 3.15. The number of hydrogen-bond acceptors (Lipinski definition) is 4. The molecule has 0 radical (unpaired) electrons. The largest absolute Gasteiger partial charge is 0.385 e. The van der Waals surface area contributed by atoms with Crippen LogP contribution in [0.15, 0.2) is 35.1 Å². The maximum absolute atomic E-state index is 12.3. The number of nitrogens with zero attached hydrogens (tertiary/aromatic N) is 1. The molecular formula is C15H20N2O3. The van der Waals surface area contributed by atoms with Crippen molar-refractivity contribution in [3.63, 3.8) is 0 Å². The van der Waals surface area contributed by atoms with E-state index in [-0.39, 0.29) is 5.56 Å². The molecule has 0 unspecified atom stereocenters. The van der Waals surface area contributed by atoms with Crippen LogP contribution < -0.4 is 11.3 Å². The molecule has 1 heterocycles. The quantitative estimate of drug-likeness (QED) is 0.781. The Morgan fingerprint density at radius 1 is 1.20 bits per heavy atom. The molecule has 0 aliphatic rings. The van der Waals surface area contributed by atoms with Crippen molar-refractivity contribution >= 4 is 16.6 Å². The summed E-state index contributed by atoms with van der Waals surface area (Å²) in [6.07, 6.45) is 0.742. The third kappa shape index (κ3) is 3.37. The van der Waals surface area contributed by atoms with E-state index in [4.69, 9.17) is 15.2 Å². The van der Waals surface area contributed by atoms with Crippen molar-refractivity contribution in [2.24, 2.45) is 0 Å². The zero-order valence-corrected chi connectivity index (χ0v) is 11.7. The maximum atomic E-state index is 12.3. The Balaban J connectivity index is 2.05. The van der Waals surface area contributed by atoms with Crippen LogP contribution in [0.5, 0.6) is 0 Å². The van der Waals surface area contributed by atoms with Crippen LogP contribution in [0.3, 0.4) is 0 Å². The highest BCUT2D eigenvalue weighted by Crippen LogP contribution is 2.13. The molecular weight excluding hydrogens is 256 g/mol. The molecule has 0 atom stereocenters. The van der Waals surface area contributed by atoms with E-state index < -0.39 is 0 Å². The topological polar surface area (TPSA) is 66.5 Å². The van der Waals surface area contributed by atoms with Crippen molar-refractivity contribution in [2.75, 3.05) is 32.7 Å². The van der Waals surface area contributed by atoms with E-state index in [2.05, 4.69) is 0 Å². The zero-order valence-electron chi connectivity index (χ0n) is 11.7. The van der Waals surface area contributed by atoms with Gasteiger partial charge >= 0.3 is 0 Å². The van der Waals surface area contributed by atoms with E-state index in [0.29, 0.717) is 37.6 Å². The van der Waals surface area contributed by atoms with Crippen molar-refractivity contribution in [1.29, 1.82) is 0 Å². The lowest BCUT2D eigenvalue weighted by molar-refractivity contribution is 0.0680. The average Bonchev–Trinajstić information content (AvgIpc) is 2.45. The van der Waals surface area contributed by atoms with Crippen LogP contribution in [0, 0.1) is 0 Å². The molecule has 0 aliphatic heterocycles. The molecule has 5 heteroatoms. The van der Waals surface area contributed by atoms with E-state index in [0.717, 1.165) is 11.8 Å². The molecule has 0 spiro atoms. The molecule has 0 amide bonds. The Labute approximate surface area is 117 Å². The number of fused-ring (bicyclic) bond motifs is 1. The summed E-state index contributed by atoms with van der Waals surface area (Å²) in [5.41, 5.74) is 5.91. The van der Waals surface area contributed by atoms with Crippen LogP contribution in [0.1, 0.15) is 6.42 Å². The van der Waals surface area contributed by atoms with Gasteiger partial charge in [0.15, 0.2) is 0 Å². The lowest BCUT2D eigenvalue weighted by Crippen LogP contribution is -2.23. The van der Waals surface area contributed by atoms with Gasteiger partial charge in [-0.3, -0.25) is 9.36 Å². The second-order valence-corrected chi connectivity index (χ2v) is 4.57. The molecule has 20 heavy (non-hydrogen) atoms. The molecule has 0 bridgehead atoms. The fraction of sp³-hybridized carbons (Fsp3) is 0.400. The SMILES string of the molecule is COCCOCCCn1c(N)cc2ccccc2c1=O. The van der Waals surface area contributed by atoms with Gasteiger partial charge in [-0.05, 0) is 23.9 Å². The Bertz CT molecular complexity index is 622. The lowest BCUT2D eigenvalue weighted by Gasteiger charge is -2.11. The number of nitrogen functional groups attached to an aromatic ring is 1. The molecule has 1 aromatic heterocycles. The number of rotatable bonds is 7. The van der Waals surface area contributed by atoms with Crippen LogP contribution in [0.4, 0.5) is 5.82 Å². The molecule has 5 nitrogen and oxygen atoms in total. The van der Waals surface area contributed by atoms with Gasteiger partial charge in [-0.1, -0.05) is 18.2 Å². The molecule has 1 aromatic carbocycles. The number of hydrogen-bond donors (Lipinski definition) is 1. The van der Waals surface area contributed by atoms with Crippen molar-refractivity contribution in [2.45, 2.75) is 13.0 Å². The Morgan fingerprint density at radius 3 is 2.80 bits per heavy atom. The molecule has 0 saturated heterocycles. The summed E-state index contributed by atoms with van der Waals surface area (Å²) in [7, 11) is 1.64. The predicted molar refractivity (Wildman–Crippen MR) is 79.9 cm³/mol. The first kappa shape index (κ1) is 14.6. The van der Waals surface area contributed by atoms with Crippen molar-refractivity contribution in [3.05, 3.63) is 40.7 Å². The van der Waals surface area contributed by atoms with Gasteiger partial charge in [0.25, 0.3) is 5.56 Å². The normalized spacial score (nSPS) is 11.1. The van der Waals surface area contributed by atoms with Gasteiger partial charge < -0.3 is 15.2 Å². The zero-order chi connectivity index (χ0) is 14.4. The minimum Gasteiger partial charge on any atom is -0.385 e. The number of nitrogens with two attached hydrogens (primary N) is 1. The Morgan fingerprint density at radius 2 is 2.00 bits per heavy atom. The lowest BCUT2D eigenvalue weighted by atomic mass is 10.1. The summed E-state index contributed by atoms with van der Waals surface area (Å²) in [5.74, 6) is 0.491. The highest BCUT2D eigenvalue weighted by Gasteiger charge is 2.06. The van der Waals surface area contributed by atoms with Gasteiger partial charge in [-0.15, -0.1) is 0 Å². The Kier molecular flexibility index (Phi) is 5.15. The van der Waals surface area contributed by atoms with Gasteiger partial charge in [0.1, 0.15) is 5.82 Å². The van der Waals surface area contributed by atoms with E-state index in [9.17, 15) is 4.79 Å². The standard InChI is InChI=1S/C15H20N2O3/c1-19-9-10-20-8-4-7-17-14(16)11-12-5-2-3-6-13(12)15(17)18/h2-3,5-6,11H,4,7-10,16H2,1H3. The van der Waals surface area contributed by atoms with E-state index in [1.54, 1.807) is 11.7 Å². The van der Waals surface area contributed by atoms with Crippen LogP contribution in [0.2, 0.25) is 0 Å². The number of ether oxygens (including phenoxy) is 2. The van der Waals surface area contributed by atoms with E-state index >= 15 is 0 Å². The van der Waals surface area contributed by atoms with Gasteiger partial charge in [-0.25, -0.2) is 0 Å². The van der Waals surface area contributed by atoms with Gasteiger partial charge in [0, 0.05) is 25.6 Å². The summed E-state index contributed by atoms with van der Waals surface area (Å²) in [6, 6.07) is 9.31. The molecule has 0 fully saturated rings. The van der Waals surface area contributed by atoms with E-state index in [1.807, 2.05) is 30.3 Å². The number of pyridine rings is 1. The number of aromatic nitrogens is 1. The summed E-state index contributed by atoms with van der Waals surface area (Å²) in [5, 5.41) is 1.57. The number of benzene rings is 1. The predicted octanol–water partition coefficient (Wildman–Crippen LogP) is 1.64. The molecule has 2 N–H and O–H groups in total. The molecule has 0 aliphatic carbocycles. The highest BCUT2D eigenvalue weighted by molar-refractivity contribution is 5.83. The van der Waals surface area contributed by atoms with Gasteiger partial charge in [0.05, 0.1) is 13.2 Å². The van der Waals surface area contributed by atoms with Gasteiger partial charge in [-0.2, -0.15) is 0 Å². The van der Waals surface area contributed by atoms with Crippen LogP contribution in [-0.2, 0) is 16.0 Å². The highest BCUT2D eigenvalue weighted by atomic mass is 16.5. The first-order valence-corrected chi connectivity index (χ1v) is 6.69. The molecule has 0 saturated carbocycles. The first-order valence-electron chi connectivity index (χ1n) is 6.69. The first-order chi connectivity index (χ1) is 9.74. The van der Waals surface area contributed by atoms with Crippen LogP contribution in [0.25, 0.3) is 10.8 Å². The molecule has 108 valence electrons. The minimum atomic E-state index is -0.0440. The molecule has 2 aromatic rings. The second-order valence-electron chi connectivity index (χ2n) is 4.57. The summed E-state index contributed by atoms with van der Waals surface area (Å²) in [6.45, 7) is 2.29. The summed E-state index contributed by atoms with van der Waals surface area (Å²) < 4.78 is 11.9. The number of methoxy groups -OCH3 is 1. The summed E-state index contributed by atoms with van der Waals surface area (Å²) >= 11 is 0. The van der Waals surface area contributed by atoms with Crippen LogP contribution in [-0.4, -0.2) is 31.5 Å². The summed E-state index contributed by atoms with van der Waals surface area (Å²) in [4.78, 5) is 12.3. The van der Waals surface area contributed by atoms with Gasteiger partial charge in [0.2, 0.25) is 0 Å². The Hall–Kier alpha value is -1.85. The number of anilines is 1. The molecule has 2 rings (SSSR count). The second kappa shape index (κ2) is 7.07. The smallest absolute Gasteiger partial charge is 0.259 e. The van der Waals surface area contributed by atoms with Crippen molar-refractivity contribution in [1.82, 2.24) is 4.57 Å². The monoisotopic (exact) mass is 276 g/mol.